The summed E-state index contributed by atoms with van der Waals surface area (Å²) in [6.07, 6.45) is 1.91. The van der Waals surface area contributed by atoms with Gasteiger partial charge in [-0.25, -0.2) is 0 Å². The first-order valence-corrected chi connectivity index (χ1v) is 7.51. The molecule has 0 aromatic rings. The van der Waals surface area contributed by atoms with E-state index in [4.69, 9.17) is 10.00 Å². The van der Waals surface area contributed by atoms with Gasteiger partial charge in [-0.15, -0.1) is 0 Å². The number of ether oxygens (including phenoxy) is 1. The van der Waals surface area contributed by atoms with Crippen molar-refractivity contribution in [2.75, 3.05) is 52.5 Å². The number of hydrogen-bond acceptors (Lipinski definition) is 4. The lowest BCUT2D eigenvalue weighted by atomic mass is 9.72. The van der Waals surface area contributed by atoms with Crippen molar-refractivity contribution >= 4 is 0 Å². The molecule has 4 heteroatoms. The highest BCUT2D eigenvalue weighted by molar-refractivity contribution is 4.91. The van der Waals surface area contributed by atoms with Gasteiger partial charge in [0, 0.05) is 39.1 Å². The number of nitrogens with zero attached hydrogens (tertiary/aromatic N) is 3. The molecule has 0 N–H and O–H groups in total. The molecule has 2 heterocycles. The Morgan fingerprint density at radius 2 is 1.84 bits per heavy atom. The van der Waals surface area contributed by atoms with Crippen LogP contribution in [0.4, 0.5) is 0 Å². The van der Waals surface area contributed by atoms with E-state index in [1.807, 2.05) is 0 Å². The van der Waals surface area contributed by atoms with E-state index >= 15 is 0 Å². The van der Waals surface area contributed by atoms with Crippen LogP contribution in [0.5, 0.6) is 0 Å². The van der Waals surface area contributed by atoms with Crippen molar-refractivity contribution in [3.63, 3.8) is 0 Å². The van der Waals surface area contributed by atoms with Crippen LogP contribution in [-0.4, -0.2) is 62.3 Å². The number of nitriles is 1. The molecular weight excluding hydrogens is 238 g/mol. The minimum atomic E-state index is 0.325. The minimum absolute atomic E-state index is 0.325. The Kier molecular flexibility index (Phi) is 5.20. The summed E-state index contributed by atoms with van der Waals surface area (Å²) in [5.41, 5.74) is 0.325. The molecule has 0 aromatic heterocycles. The molecule has 0 radical (unpaired) electrons. The number of hydrogen-bond donors (Lipinski definition) is 0. The van der Waals surface area contributed by atoms with E-state index in [-0.39, 0.29) is 0 Å². The van der Waals surface area contributed by atoms with Crippen LogP contribution >= 0.6 is 0 Å². The van der Waals surface area contributed by atoms with Crippen molar-refractivity contribution in [2.24, 2.45) is 11.3 Å². The van der Waals surface area contributed by atoms with Crippen LogP contribution in [-0.2, 0) is 4.74 Å². The van der Waals surface area contributed by atoms with Crippen LogP contribution < -0.4 is 0 Å². The first-order chi connectivity index (χ1) is 9.12. The van der Waals surface area contributed by atoms with Gasteiger partial charge in [0.05, 0.1) is 19.3 Å². The Bertz CT molecular complexity index is 318. The normalized spacial score (nSPS) is 29.0. The molecule has 0 aromatic carbocycles. The van der Waals surface area contributed by atoms with Crippen LogP contribution in [0.15, 0.2) is 0 Å². The Balaban J connectivity index is 1.77. The maximum Gasteiger partial charge on any atom is 0.0625 e. The maximum absolute atomic E-state index is 8.98. The smallest absolute Gasteiger partial charge is 0.0625 e. The highest BCUT2D eigenvalue weighted by Gasteiger charge is 2.35. The Morgan fingerprint density at radius 3 is 2.53 bits per heavy atom. The lowest BCUT2D eigenvalue weighted by molar-refractivity contribution is 0.0208. The molecule has 0 bridgehead atoms. The van der Waals surface area contributed by atoms with Crippen molar-refractivity contribution in [3.05, 3.63) is 0 Å². The maximum atomic E-state index is 8.98. The van der Waals surface area contributed by atoms with E-state index < -0.39 is 0 Å². The third kappa shape index (κ3) is 4.17. The molecule has 108 valence electrons. The lowest BCUT2D eigenvalue weighted by Crippen LogP contribution is -2.48. The summed E-state index contributed by atoms with van der Waals surface area (Å²) in [5.74, 6) is 0.524. The summed E-state index contributed by atoms with van der Waals surface area (Å²) in [4.78, 5) is 5.03. The van der Waals surface area contributed by atoms with E-state index in [1.165, 1.54) is 13.0 Å². The standard InChI is InChI=1S/C15H27N3O/c1-15(2)4-6-18(13-14(15)3-5-16)8-7-17-9-11-19-12-10-17/h14H,3-4,6-13H2,1-2H3. The van der Waals surface area contributed by atoms with Gasteiger partial charge < -0.3 is 9.64 Å². The Hall–Kier alpha value is -0.630. The second kappa shape index (κ2) is 6.69. The highest BCUT2D eigenvalue weighted by atomic mass is 16.5. The van der Waals surface area contributed by atoms with Crippen LogP contribution in [0.25, 0.3) is 0 Å². The summed E-state index contributed by atoms with van der Waals surface area (Å²) >= 11 is 0. The number of piperidine rings is 1. The molecule has 4 nitrogen and oxygen atoms in total. The quantitative estimate of drug-likeness (QED) is 0.774. The second-order valence-electron chi connectivity index (χ2n) is 6.55. The van der Waals surface area contributed by atoms with Crippen LogP contribution in [0.2, 0.25) is 0 Å². The second-order valence-corrected chi connectivity index (χ2v) is 6.55. The molecule has 0 saturated carbocycles. The molecule has 19 heavy (non-hydrogen) atoms. The van der Waals surface area contributed by atoms with E-state index in [0.717, 1.165) is 45.9 Å². The highest BCUT2D eigenvalue weighted by Crippen LogP contribution is 2.37. The molecule has 2 aliphatic heterocycles. The molecule has 1 atom stereocenters. The van der Waals surface area contributed by atoms with Gasteiger partial charge in [-0.1, -0.05) is 13.8 Å². The third-order valence-corrected chi connectivity index (χ3v) is 4.83. The third-order valence-electron chi connectivity index (χ3n) is 4.83. The van der Waals surface area contributed by atoms with Crippen LogP contribution in [0, 0.1) is 22.7 Å². The average molecular weight is 265 g/mol. The predicted molar refractivity (Wildman–Crippen MR) is 75.8 cm³/mol. The summed E-state index contributed by atoms with van der Waals surface area (Å²) in [7, 11) is 0. The van der Waals surface area contributed by atoms with E-state index in [2.05, 4.69) is 29.7 Å². The number of morpholine rings is 1. The molecule has 0 spiro atoms. The predicted octanol–water partition coefficient (Wildman–Crippen LogP) is 1.58. The van der Waals surface area contributed by atoms with Gasteiger partial charge in [0.1, 0.15) is 0 Å². The van der Waals surface area contributed by atoms with E-state index in [1.54, 1.807) is 0 Å². The van der Waals surface area contributed by atoms with Gasteiger partial charge in [0.15, 0.2) is 0 Å². The van der Waals surface area contributed by atoms with Gasteiger partial charge in [-0.2, -0.15) is 5.26 Å². The SMILES string of the molecule is CC1(C)CCN(CCN2CCOCC2)CC1CC#N. The lowest BCUT2D eigenvalue weighted by Gasteiger charge is -2.43. The molecular formula is C15H27N3O. The fourth-order valence-electron chi connectivity index (χ4n) is 3.06. The minimum Gasteiger partial charge on any atom is -0.379 e. The van der Waals surface area contributed by atoms with E-state index in [0.29, 0.717) is 17.8 Å². The van der Waals surface area contributed by atoms with Crippen molar-refractivity contribution in [3.8, 4) is 6.07 Å². The van der Waals surface area contributed by atoms with Crippen LogP contribution in [0.3, 0.4) is 0 Å². The summed E-state index contributed by atoms with van der Waals surface area (Å²) in [5, 5.41) is 8.98. The molecule has 0 aliphatic carbocycles. The van der Waals surface area contributed by atoms with Gasteiger partial charge in [0.25, 0.3) is 0 Å². The van der Waals surface area contributed by atoms with Gasteiger partial charge >= 0.3 is 0 Å². The van der Waals surface area contributed by atoms with Gasteiger partial charge in [-0.05, 0) is 24.3 Å². The molecule has 1 unspecified atom stereocenters. The first-order valence-electron chi connectivity index (χ1n) is 7.51. The molecule has 2 saturated heterocycles. The first kappa shape index (κ1) is 14.8. The topological polar surface area (TPSA) is 39.5 Å². The fourth-order valence-corrected chi connectivity index (χ4v) is 3.06. The monoisotopic (exact) mass is 265 g/mol. The Morgan fingerprint density at radius 1 is 1.16 bits per heavy atom. The zero-order chi connectivity index (χ0) is 13.7. The molecule has 2 aliphatic rings. The number of rotatable bonds is 4. The van der Waals surface area contributed by atoms with Gasteiger partial charge in [-0.3, -0.25) is 4.90 Å². The Labute approximate surface area is 117 Å². The largest absolute Gasteiger partial charge is 0.379 e. The summed E-state index contributed by atoms with van der Waals surface area (Å²) < 4.78 is 5.38. The van der Waals surface area contributed by atoms with E-state index in [9.17, 15) is 0 Å². The fraction of sp³-hybridized carbons (Fsp3) is 0.933. The zero-order valence-electron chi connectivity index (χ0n) is 12.4. The molecule has 2 fully saturated rings. The van der Waals surface area contributed by atoms with Crippen molar-refractivity contribution in [1.29, 1.82) is 5.26 Å². The molecule has 2 rings (SSSR count). The van der Waals surface area contributed by atoms with Gasteiger partial charge in [0.2, 0.25) is 0 Å². The number of likely N-dealkylation sites (tertiary alicyclic amines) is 1. The van der Waals surface area contributed by atoms with Crippen LogP contribution in [0.1, 0.15) is 26.7 Å². The zero-order valence-corrected chi connectivity index (χ0v) is 12.4. The van der Waals surface area contributed by atoms with Crippen molar-refractivity contribution in [2.45, 2.75) is 26.7 Å². The summed E-state index contributed by atoms with van der Waals surface area (Å²) in [6.45, 7) is 13.1. The average Bonchev–Trinajstić information content (AvgIpc) is 2.41. The molecule has 0 amide bonds. The van der Waals surface area contributed by atoms with Crippen molar-refractivity contribution in [1.82, 2.24) is 9.80 Å². The summed E-state index contributed by atoms with van der Waals surface area (Å²) in [6, 6.07) is 2.37. The van der Waals surface area contributed by atoms with Crippen molar-refractivity contribution < 1.29 is 4.74 Å².